The van der Waals surface area contributed by atoms with Crippen LogP contribution in [0.1, 0.15) is 18.9 Å². The average molecular weight is 281 g/mol. The first-order valence-electron chi connectivity index (χ1n) is 5.91. The Morgan fingerprint density at radius 3 is 2.22 bits per heavy atom. The van der Waals surface area contributed by atoms with Crippen molar-refractivity contribution in [1.29, 1.82) is 0 Å². The van der Waals surface area contributed by atoms with E-state index in [1.54, 1.807) is 12.1 Å². The molecule has 18 heavy (non-hydrogen) atoms. The van der Waals surface area contributed by atoms with Crippen molar-refractivity contribution < 1.29 is 4.74 Å². The van der Waals surface area contributed by atoms with Gasteiger partial charge in [-0.2, -0.15) is 0 Å². The Labute approximate surface area is 117 Å². The standard InChI is InChI=1S/C15H14Cl2O/c1-2-3-11-4-7-14(10-15(11)17)18-13-8-5-12(16)6-9-13/h4-10H,2-3H2,1H3. The lowest BCUT2D eigenvalue weighted by Gasteiger charge is -2.08. The van der Waals surface area contributed by atoms with Crippen molar-refractivity contribution in [1.82, 2.24) is 0 Å². The van der Waals surface area contributed by atoms with Crippen LogP contribution in [-0.2, 0) is 6.42 Å². The second kappa shape index (κ2) is 6.12. The quantitative estimate of drug-likeness (QED) is 0.694. The largest absolute Gasteiger partial charge is 0.457 e. The van der Waals surface area contributed by atoms with Crippen molar-refractivity contribution in [2.24, 2.45) is 0 Å². The molecule has 2 aromatic carbocycles. The Morgan fingerprint density at radius 2 is 1.61 bits per heavy atom. The third-order valence-corrected chi connectivity index (χ3v) is 3.20. The first-order valence-corrected chi connectivity index (χ1v) is 6.66. The summed E-state index contributed by atoms with van der Waals surface area (Å²) in [4.78, 5) is 0. The van der Waals surface area contributed by atoms with Crippen LogP contribution in [0.15, 0.2) is 42.5 Å². The van der Waals surface area contributed by atoms with Gasteiger partial charge in [-0.05, 0) is 48.4 Å². The Bertz CT molecular complexity index is 521. The minimum Gasteiger partial charge on any atom is -0.457 e. The first-order chi connectivity index (χ1) is 8.69. The molecular weight excluding hydrogens is 267 g/mol. The molecule has 0 amide bonds. The van der Waals surface area contributed by atoms with Crippen LogP contribution in [-0.4, -0.2) is 0 Å². The van der Waals surface area contributed by atoms with Crippen LogP contribution >= 0.6 is 23.2 Å². The fraction of sp³-hybridized carbons (Fsp3) is 0.200. The van der Waals surface area contributed by atoms with E-state index in [1.165, 1.54) is 0 Å². The number of benzene rings is 2. The predicted molar refractivity (Wildman–Crippen MR) is 77.0 cm³/mol. The zero-order valence-electron chi connectivity index (χ0n) is 10.1. The zero-order valence-corrected chi connectivity index (χ0v) is 11.6. The van der Waals surface area contributed by atoms with Crippen molar-refractivity contribution in [3.05, 3.63) is 58.1 Å². The summed E-state index contributed by atoms with van der Waals surface area (Å²) in [6.07, 6.45) is 2.07. The molecule has 1 nitrogen and oxygen atoms in total. The molecule has 0 saturated carbocycles. The van der Waals surface area contributed by atoms with Gasteiger partial charge in [0, 0.05) is 10.0 Å². The maximum atomic E-state index is 6.20. The molecule has 0 radical (unpaired) electrons. The first kappa shape index (κ1) is 13.3. The summed E-state index contributed by atoms with van der Waals surface area (Å²) in [7, 11) is 0. The van der Waals surface area contributed by atoms with E-state index in [0.29, 0.717) is 5.02 Å². The summed E-state index contributed by atoms with van der Waals surface area (Å²) in [5.74, 6) is 1.49. The summed E-state index contributed by atoms with van der Waals surface area (Å²) in [6, 6.07) is 13.0. The Balaban J connectivity index is 2.14. The molecule has 0 aliphatic rings. The molecular formula is C15H14Cl2O. The van der Waals surface area contributed by atoms with Crippen LogP contribution < -0.4 is 4.74 Å². The van der Waals surface area contributed by atoms with Crippen LogP contribution in [0.3, 0.4) is 0 Å². The number of rotatable bonds is 4. The van der Waals surface area contributed by atoms with E-state index < -0.39 is 0 Å². The summed E-state index contributed by atoms with van der Waals surface area (Å²) in [6.45, 7) is 2.13. The van der Waals surface area contributed by atoms with Crippen molar-refractivity contribution in [2.45, 2.75) is 19.8 Å². The van der Waals surface area contributed by atoms with Crippen molar-refractivity contribution in [3.63, 3.8) is 0 Å². The van der Waals surface area contributed by atoms with Crippen LogP contribution in [0.2, 0.25) is 10.0 Å². The summed E-state index contributed by atoms with van der Waals surface area (Å²) < 4.78 is 5.70. The molecule has 0 aromatic heterocycles. The lowest BCUT2D eigenvalue weighted by atomic mass is 10.1. The van der Waals surface area contributed by atoms with Gasteiger partial charge in [0.2, 0.25) is 0 Å². The van der Waals surface area contributed by atoms with E-state index >= 15 is 0 Å². The number of aryl methyl sites for hydroxylation is 1. The second-order valence-corrected chi connectivity index (χ2v) is 4.90. The van der Waals surface area contributed by atoms with Crippen molar-refractivity contribution in [2.75, 3.05) is 0 Å². The van der Waals surface area contributed by atoms with Gasteiger partial charge in [-0.3, -0.25) is 0 Å². The number of hydrogen-bond acceptors (Lipinski definition) is 1. The highest BCUT2D eigenvalue weighted by atomic mass is 35.5. The van der Waals surface area contributed by atoms with E-state index in [-0.39, 0.29) is 0 Å². The van der Waals surface area contributed by atoms with E-state index in [1.807, 2.05) is 30.3 Å². The van der Waals surface area contributed by atoms with E-state index in [9.17, 15) is 0 Å². The van der Waals surface area contributed by atoms with Crippen LogP contribution in [0.4, 0.5) is 0 Å². The van der Waals surface area contributed by atoms with Gasteiger partial charge in [0.05, 0.1) is 0 Å². The lowest BCUT2D eigenvalue weighted by Crippen LogP contribution is -1.88. The van der Waals surface area contributed by atoms with Gasteiger partial charge >= 0.3 is 0 Å². The maximum Gasteiger partial charge on any atom is 0.128 e. The molecule has 3 heteroatoms. The molecule has 2 rings (SSSR count). The number of ether oxygens (including phenoxy) is 1. The zero-order chi connectivity index (χ0) is 13.0. The highest BCUT2D eigenvalue weighted by molar-refractivity contribution is 6.31. The highest BCUT2D eigenvalue weighted by Gasteiger charge is 2.03. The monoisotopic (exact) mass is 280 g/mol. The van der Waals surface area contributed by atoms with Gasteiger partial charge in [-0.15, -0.1) is 0 Å². The molecule has 0 atom stereocenters. The average Bonchev–Trinajstić information content (AvgIpc) is 2.36. The second-order valence-electron chi connectivity index (χ2n) is 4.06. The summed E-state index contributed by atoms with van der Waals surface area (Å²) in [5, 5.41) is 1.45. The van der Waals surface area contributed by atoms with Gasteiger partial charge in [-0.1, -0.05) is 42.6 Å². The van der Waals surface area contributed by atoms with Crippen molar-refractivity contribution in [3.8, 4) is 11.5 Å². The smallest absolute Gasteiger partial charge is 0.128 e. The van der Waals surface area contributed by atoms with Crippen LogP contribution in [0.5, 0.6) is 11.5 Å². The molecule has 0 spiro atoms. The molecule has 0 bridgehead atoms. The molecule has 0 aliphatic carbocycles. The molecule has 0 N–H and O–H groups in total. The fourth-order valence-corrected chi connectivity index (χ4v) is 2.09. The van der Waals surface area contributed by atoms with E-state index in [2.05, 4.69) is 6.92 Å². The Hall–Kier alpha value is -1.18. The van der Waals surface area contributed by atoms with Gasteiger partial charge in [0.15, 0.2) is 0 Å². The van der Waals surface area contributed by atoms with Gasteiger partial charge in [0.25, 0.3) is 0 Å². The predicted octanol–water partition coefficient (Wildman–Crippen LogP) is 5.74. The molecule has 0 aliphatic heterocycles. The summed E-state index contributed by atoms with van der Waals surface area (Å²) in [5.41, 5.74) is 1.16. The molecule has 94 valence electrons. The van der Waals surface area contributed by atoms with Gasteiger partial charge in [0.1, 0.15) is 11.5 Å². The number of hydrogen-bond donors (Lipinski definition) is 0. The van der Waals surface area contributed by atoms with Gasteiger partial charge < -0.3 is 4.74 Å². The fourth-order valence-electron chi connectivity index (χ4n) is 1.70. The SMILES string of the molecule is CCCc1ccc(Oc2ccc(Cl)cc2)cc1Cl. The molecule has 0 heterocycles. The van der Waals surface area contributed by atoms with E-state index in [0.717, 1.165) is 34.9 Å². The third-order valence-electron chi connectivity index (χ3n) is 2.59. The van der Waals surface area contributed by atoms with Crippen LogP contribution in [0, 0.1) is 0 Å². The van der Waals surface area contributed by atoms with Crippen LogP contribution in [0.25, 0.3) is 0 Å². The third kappa shape index (κ3) is 3.41. The normalized spacial score (nSPS) is 10.4. The molecule has 0 saturated heterocycles. The molecule has 0 fully saturated rings. The summed E-state index contributed by atoms with van der Waals surface area (Å²) >= 11 is 12.0. The minimum absolute atomic E-state index is 0.693. The Morgan fingerprint density at radius 1 is 0.944 bits per heavy atom. The number of halogens is 2. The Kier molecular flexibility index (Phi) is 4.51. The van der Waals surface area contributed by atoms with Crippen molar-refractivity contribution >= 4 is 23.2 Å². The van der Waals surface area contributed by atoms with E-state index in [4.69, 9.17) is 27.9 Å². The molecule has 0 unspecified atom stereocenters. The maximum absolute atomic E-state index is 6.20. The molecule has 2 aromatic rings. The highest BCUT2D eigenvalue weighted by Crippen LogP contribution is 2.28. The topological polar surface area (TPSA) is 9.23 Å². The van der Waals surface area contributed by atoms with Gasteiger partial charge in [-0.25, -0.2) is 0 Å². The lowest BCUT2D eigenvalue weighted by molar-refractivity contribution is 0.482. The minimum atomic E-state index is 0.693.